The largest absolute Gasteiger partial charge is 0.495 e. The minimum atomic E-state index is -3.98. The van der Waals surface area contributed by atoms with Crippen LogP contribution >= 0.6 is 0 Å². The van der Waals surface area contributed by atoms with Gasteiger partial charge in [-0.05, 0) is 43.5 Å². The zero-order valence-electron chi connectivity index (χ0n) is 16.5. The molecular formula is C21H25FN2O4S. The van der Waals surface area contributed by atoms with Crippen molar-refractivity contribution in [1.29, 1.82) is 0 Å². The van der Waals surface area contributed by atoms with E-state index in [1.165, 1.54) is 17.5 Å². The van der Waals surface area contributed by atoms with Crippen LogP contribution in [0.4, 0.5) is 4.39 Å². The van der Waals surface area contributed by atoms with E-state index >= 15 is 0 Å². The molecule has 1 atom stereocenters. The number of nitrogens with one attached hydrogen (secondary N) is 1. The molecule has 1 saturated heterocycles. The molecule has 1 heterocycles. The second kappa shape index (κ2) is 8.92. The molecule has 1 aliphatic heterocycles. The van der Waals surface area contributed by atoms with Crippen LogP contribution in [0.2, 0.25) is 0 Å². The fourth-order valence-electron chi connectivity index (χ4n) is 3.41. The highest BCUT2D eigenvalue weighted by atomic mass is 32.2. The smallest absolute Gasteiger partial charge is 0.246 e. The zero-order chi connectivity index (χ0) is 21.0. The molecule has 0 aromatic heterocycles. The molecule has 0 unspecified atom stereocenters. The average molecular weight is 421 g/mol. The first kappa shape index (κ1) is 21.3. The molecule has 1 amide bonds. The third-order valence-corrected chi connectivity index (χ3v) is 6.97. The van der Waals surface area contributed by atoms with Crippen molar-refractivity contribution < 1.29 is 22.3 Å². The minimum absolute atomic E-state index is 0.0573. The van der Waals surface area contributed by atoms with E-state index < -0.39 is 21.8 Å². The maximum Gasteiger partial charge on any atom is 0.246 e. The van der Waals surface area contributed by atoms with Gasteiger partial charge >= 0.3 is 0 Å². The maximum absolute atomic E-state index is 13.7. The molecule has 0 spiro atoms. The molecule has 2 aromatic rings. The molecule has 2 aromatic carbocycles. The van der Waals surface area contributed by atoms with Gasteiger partial charge in [-0.1, -0.05) is 29.8 Å². The van der Waals surface area contributed by atoms with Crippen LogP contribution in [0.25, 0.3) is 0 Å². The molecule has 1 N–H and O–H groups in total. The third-order valence-electron chi connectivity index (χ3n) is 5.09. The number of carbonyl (C=O) groups excluding carboxylic acids is 1. The number of ether oxygens (including phenoxy) is 1. The maximum atomic E-state index is 13.7. The van der Waals surface area contributed by atoms with Crippen molar-refractivity contribution in [2.24, 2.45) is 5.92 Å². The highest BCUT2D eigenvalue weighted by Gasteiger charge is 2.35. The molecule has 8 heteroatoms. The van der Waals surface area contributed by atoms with Crippen LogP contribution in [0.5, 0.6) is 5.75 Å². The van der Waals surface area contributed by atoms with Crippen molar-refractivity contribution in [2.75, 3.05) is 20.2 Å². The lowest BCUT2D eigenvalue weighted by atomic mass is 9.98. The van der Waals surface area contributed by atoms with E-state index in [9.17, 15) is 17.6 Å². The van der Waals surface area contributed by atoms with Gasteiger partial charge in [0.1, 0.15) is 16.5 Å². The SMILES string of the molecule is COc1ccc(F)cc1S(=O)(=O)N1CCC[C@@H](C(=O)NCc2ccc(C)cc2)C1. The van der Waals surface area contributed by atoms with Crippen molar-refractivity contribution in [1.82, 2.24) is 9.62 Å². The number of hydrogen-bond acceptors (Lipinski definition) is 4. The molecule has 0 aliphatic carbocycles. The van der Waals surface area contributed by atoms with Crippen LogP contribution in [0, 0.1) is 18.7 Å². The zero-order valence-corrected chi connectivity index (χ0v) is 17.3. The molecule has 6 nitrogen and oxygen atoms in total. The van der Waals surface area contributed by atoms with E-state index in [0.29, 0.717) is 19.4 Å². The lowest BCUT2D eigenvalue weighted by Gasteiger charge is -2.31. The summed E-state index contributed by atoms with van der Waals surface area (Å²) in [7, 11) is -2.64. The lowest BCUT2D eigenvalue weighted by molar-refractivity contribution is -0.126. The van der Waals surface area contributed by atoms with E-state index in [0.717, 1.165) is 23.3 Å². The number of piperidine rings is 1. The summed E-state index contributed by atoms with van der Waals surface area (Å²) in [6.07, 6.45) is 1.16. The number of aryl methyl sites for hydroxylation is 1. The van der Waals surface area contributed by atoms with Gasteiger partial charge in [-0.15, -0.1) is 0 Å². The third kappa shape index (κ3) is 4.94. The van der Waals surface area contributed by atoms with Crippen molar-refractivity contribution in [3.8, 4) is 5.75 Å². The number of benzene rings is 2. The standard InChI is InChI=1S/C21H25FN2O4S/c1-15-5-7-16(8-6-15)13-23-21(25)17-4-3-11-24(14-17)29(26,27)20-12-18(22)9-10-19(20)28-2/h5-10,12,17H,3-4,11,13-14H2,1-2H3,(H,23,25)/t17-/m1/s1. The Balaban J connectivity index is 1.70. The van der Waals surface area contributed by atoms with Gasteiger partial charge in [0.2, 0.25) is 15.9 Å². The molecule has 1 fully saturated rings. The number of halogens is 1. The summed E-state index contributed by atoms with van der Waals surface area (Å²) in [4.78, 5) is 12.4. The number of methoxy groups -OCH3 is 1. The van der Waals surface area contributed by atoms with Crippen LogP contribution in [0.15, 0.2) is 47.4 Å². The summed E-state index contributed by atoms with van der Waals surface area (Å²) >= 11 is 0. The summed E-state index contributed by atoms with van der Waals surface area (Å²) < 4.78 is 46.1. The fourth-order valence-corrected chi connectivity index (χ4v) is 5.10. The summed E-state index contributed by atoms with van der Waals surface area (Å²) in [6, 6.07) is 11.2. The molecule has 1 aliphatic rings. The molecule has 0 radical (unpaired) electrons. The second-order valence-electron chi connectivity index (χ2n) is 7.20. The Bertz CT molecular complexity index is 977. The Hall–Kier alpha value is -2.45. The first-order chi connectivity index (χ1) is 13.8. The topological polar surface area (TPSA) is 75.7 Å². The number of hydrogen-bond donors (Lipinski definition) is 1. The Morgan fingerprint density at radius 3 is 2.66 bits per heavy atom. The fraction of sp³-hybridized carbons (Fsp3) is 0.381. The van der Waals surface area contributed by atoms with Crippen molar-refractivity contribution in [3.05, 3.63) is 59.4 Å². The first-order valence-corrected chi connectivity index (χ1v) is 10.9. The monoisotopic (exact) mass is 420 g/mol. The highest BCUT2D eigenvalue weighted by Crippen LogP contribution is 2.30. The van der Waals surface area contributed by atoms with Gasteiger partial charge in [-0.3, -0.25) is 4.79 Å². The van der Waals surface area contributed by atoms with E-state index in [2.05, 4.69) is 5.32 Å². The van der Waals surface area contributed by atoms with Crippen LogP contribution in [0.3, 0.4) is 0 Å². The van der Waals surface area contributed by atoms with E-state index in [1.54, 1.807) is 0 Å². The lowest BCUT2D eigenvalue weighted by Crippen LogP contribution is -2.45. The number of sulfonamides is 1. The Morgan fingerprint density at radius 1 is 1.24 bits per heavy atom. The number of amides is 1. The van der Waals surface area contributed by atoms with Crippen LogP contribution in [0.1, 0.15) is 24.0 Å². The normalized spacial score (nSPS) is 17.7. The van der Waals surface area contributed by atoms with Crippen molar-refractivity contribution in [2.45, 2.75) is 31.2 Å². The minimum Gasteiger partial charge on any atom is -0.495 e. The molecule has 3 rings (SSSR count). The molecule has 156 valence electrons. The van der Waals surface area contributed by atoms with Gasteiger partial charge in [0, 0.05) is 19.6 Å². The Morgan fingerprint density at radius 2 is 1.97 bits per heavy atom. The predicted molar refractivity (Wildman–Crippen MR) is 107 cm³/mol. The van der Waals surface area contributed by atoms with Crippen molar-refractivity contribution in [3.63, 3.8) is 0 Å². The van der Waals surface area contributed by atoms with Gasteiger partial charge in [0.05, 0.1) is 13.0 Å². The molecule has 0 bridgehead atoms. The summed E-state index contributed by atoms with van der Waals surface area (Å²) in [5, 5.41) is 2.89. The number of rotatable bonds is 6. The van der Waals surface area contributed by atoms with E-state index in [4.69, 9.17) is 4.74 Å². The average Bonchev–Trinajstić information content (AvgIpc) is 2.73. The molecular weight excluding hydrogens is 395 g/mol. The number of nitrogens with zero attached hydrogens (tertiary/aromatic N) is 1. The molecule has 0 saturated carbocycles. The van der Waals surface area contributed by atoms with Gasteiger partial charge in [-0.25, -0.2) is 12.8 Å². The Labute approximate surface area is 170 Å². The summed E-state index contributed by atoms with van der Waals surface area (Å²) in [5.74, 6) is -1.22. The van der Waals surface area contributed by atoms with Gasteiger partial charge in [0.25, 0.3) is 0 Å². The van der Waals surface area contributed by atoms with Gasteiger partial charge in [0.15, 0.2) is 0 Å². The first-order valence-electron chi connectivity index (χ1n) is 9.48. The second-order valence-corrected chi connectivity index (χ2v) is 9.11. The summed E-state index contributed by atoms with van der Waals surface area (Å²) in [5.41, 5.74) is 2.12. The van der Waals surface area contributed by atoms with Gasteiger partial charge < -0.3 is 10.1 Å². The molecule has 29 heavy (non-hydrogen) atoms. The highest BCUT2D eigenvalue weighted by molar-refractivity contribution is 7.89. The van der Waals surface area contributed by atoms with Gasteiger partial charge in [-0.2, -0.15) is 4.31 Å². The summed E-state index contributed by atoms with van der Waals surface area (Å²) in [6.45, 7) is 2.72. The predicted octanol–water partition coefficient (Wildman–Crippen LogP) is 2.86. The quantitative estimate of drug-likeness (QED) is 0.780. The van der Waals surface area contributed by atoms with Crippen molar-refractivity contribution >= 4 is 15.9 Å². The van der Waals surface area contributed by atoms with Crippen LogP contribution in [-0.4, -0.2) is 38.8 Å². The Kier molecular flexibility index (Phi) is 6.54. The van der Waals surface area contributed by atoms with E-state index in [-0.39, 0.29) is 29.6 Å². The van der Waals surface area contributed by atoms with E-state index in [1.807, 2.05) is 31.2 Å². The number of carbonyl (C=O) groups is 1. The van der Waals surface area contributed by atoms with Crippen LogP contribution in [-0.2, 0) is 21.4 Å². The van der Waals surface area contributed by atoms with Crippen LogP contribution < -0.4 is 10.1 Å².